The van der Waals surface area contributed by atoms with Gasteiger partial charge in [0.2, 0.25) is 0 Å². The number of benzene rings is 10. The standard InChI is InChI=1S/C32H20Br2N2.C27H19N.C6H3Br2I/c33-21-16-22(34)18-24(17-21)36-28-7-3-1-5-25(28)26-13-14-30-31(32(26)36)27-6-2-4-8-29(27)35(30)23-12-11-19-9-10-20(19)15-23;1-2-6-21-19(5-1)16-24-22(21)13-14-26-27(24)23-7-3-4-8-25(23)28(26)20-12-11-17-9-10-18(17)15-20;7-4-1-5(8)3-6(9)2-4/h1-8,11-18H,9-10H2;1-8,11-15H,9-10,16H2;1-3H. The van der Waals surface area contributed by atoms with Crippen LogP contribution >= 0.6 is 86.3 Å². The smallest absolute Gasteiger partial charge is 0.0641 e. The first-order valence-electron chi connectivity index (χ1n) is 24.6. The van der Waals surface area contributed by atoms with Crippen molar-refractivity contribution in [3.05, 3.63) is 249 Å². The van der Waals surface area contributed by atoms with Gasteiger partial charge < -0.3 is 13.7 Å². The van der Waals surface area contributed by atoms with Crippen LogP contribution in [0.3, 0.4) is 0 Å². The van der Waals surface area contributed by atoms with Crippen LogP contribution in [-0.4, -0.2) is 13.7 Å². The topological polar surface area (TPSA) is 14.8 Å². The van der Waals surface area contributed by atoms with E-state index in [2.05, 4.69) is 288 Å². The van der Waals surface area contributed by atoms with Crippen molar-refractivity contribution in [3.63, 3.8) is 0 Å². The van der Waals surface area contributed by atoms with Crippen LogP contribution < -0.4 is 0 Å². The fourth-order valence-corrected chi connectivity index (χ4v) is 15.9. The van der Waals surface area contributed by atoms with Crippen molar-refractivity contribution in [2.24, 2.45) is 0 Å². The van der Waals surface area contributed by atoms with Crippen molar-refractivity contribution in [1.29, 1.82) is 0 Å². The van der Waals surface area contributed by atoms with E-state index in [9.17, 15) is 0 Å². The molecule has 8 heteroatoms. The van der Waals surface area contributed by atoms with Crippen LogP contribution in [0.4, 0.5) is 0 Å². The summed E-state index contributed by atoms with van der Waals surface area (Å²) in [5.41, 5.74) is 23.0. The summed E-state index contributed by atoms with van der Waals surface area (Å²) in [6, 6.07) is 71.2. The first kappa shape index (κ1) is 45.8. The Morgan fingerprint density at radius 1 is 0.329 bits per heavy atom. The van der Waals surface area contributed by atoms with E-state index >= 15 is 0 Å². The average molecular weight is 1310 g/mol. The Bertz CT molecular complexity index is 4370. The Labute approximate surface area is 470 Å². The second-order valence-electron chi connectivity index (χ2n) is 19.4. The van der Waals surface area contributed by atoms with Gasteiger partial charge in [-0.15, -0.1) is 0 Å². The van der Waals surface area contributed by atoms with Crippen molar-refractivity contribution in [2.45, 2.75) is 32.1 Å². The van der Waals surface area contributed by atoms with Crippen molar-refractivity contribution in [1.82, 2.24) is 13.7 Å². The predicted octanol–water partition coefficient (Wildman–Crippen LogP) is 19.8. The van der Waals surface area contributed by atoms with E-state index in [1.807, 2.05) is 6.07 Å². The highest BCUT2D eigenvalue weighted by Crippen LogP contribution is 2.46. The van der Waals surface area contributed by atoms with Gasteiger partial charge in [0.05, 0.1) is 33.1 Å². The van der Waals surface area contributed by atoms with Crippen LogP contribution in [-0.2, 0) is 32.1 Å². The Balaban J connectivity index is 0.000000118. The second kappa shape index (κ2) is 18.3. The summed E-state index contributed by atoms with van der Waals surface area (Å²) in [6.07, 6.45) is 5.85. The molecular formula is C65H42Br4IN3. The average Bonchev–Trinajstić information content (AvgIpc) is 4.11. The van der Waals surface area contributed by atoms with Gasteiger partial charge in [-0.25, -0.2) is 0 Å². The van der Waals surface area contributed by atoms with Gasteiger partial charge in [-0.2, -0.15) is 0 Å². The van der Waals surface area contributed by atoms with Crippen LogP contribution in [0, 0.1) is 3.57 Å². The lowest BCUT2D eigenvalue weighted by atomic mass is 9.88. The van der Waals surface area contributed by atoms with Crippen molar-refractivity contribution >= 4 is 152 Å². The summed E-state index contributed by atoms with van der Waals surface area (Å²) in [7, 11) is 0. The van der Waals surface area contributed by atoms with Gasteiger partial charge in [0.1, 0.15) is 0 Å². The lowest BCUT2D eigenvalue weighted by molar-refractivity contribution is 0.836. The van der Waals surface area contributed by atoms with Crippen molar-refractivity contribution in [3.8, 4) is 28.2 Å². The Morgan fingerprint density at radius 3 is 1.40 bits per heavy atom. The first-order chi connectivity index (χ1) is 35.7. The second-order valence-corrected chi connectivity index (χ2v) is 24.3. The third-order valence-electron chi connectivity index (χ3n) is 15.2. The highest BCUT2D eigenvalue weighted by atomic mass is 127. The maximum atomic E-state index is 3.72. The van der Waals surface area contributed by atoms with Gasteiger partial charge in [0.25, 0.3) is 0 Å². The molecule has 0 unspecified atom stereocenters. The maximum absolute atomic E-state index is 3.72. The molecule has 10 aromatic carbocycles. The van der Waals surface area contributed by atoms with Gasteiger partial charge in [0.15, 0.2) is 0 Å². The van der Waals surface area contributed by atoms with Crippen LogP contribution in [0.5, 0.6) is 0 Å². The number of para-hydroxylation sites is 3. The Morgan fingerprint density at radius 2 is 0.822 bits per heavy atom. The SMILES string of the molecule is Brc1cc(Br)cc(-n2c3ccccc3c3ccc4c(c5ccccc5n4-c4ccc5c(c4)CC5)c32)c1.Brc1cc(Br)cc(I)c1.c1ccc2c(c1)Cc1c-2ccc2c1c1ccccc1n2-c1ccc2c(c1)CC2. The lowest BCUT2D eigenvalue weighted by Crippen LogP contribution is -2.09. The highest BCUT2D eigenvalue weighted by molar-refractivity contribution is 14.1. The molecule has 3 heterocycles. The van der Waals surface area contributed by atoms with Crippen LogP contribution in [0.1, 0.15) is 33.4 Å². The third-order valence-corrected chi connectivity index (χ3v) is 17.7. The molecule has 0 saturated heterocycles. The molecule has 0 amide bonds. The molecule has 3 aliphatic rings. The normalized spacial score (nSPS) is 13.0. The molecule has 0 fully saturated rings. The largest absolute Gasteiger partial charge is 0.309 e. The summed E-state index contributed by atoms with van der Waals surface area (Å²) in [5, 5.41) is 7.89. The predicted molar refractivity (Wildman–Crippen MR) is 329 cm³/mol. The molecule has 0 N–H and O–H groups in total. The zero-order valence-corrected chi connectivity index (χ0v) is 47.7. The minimum Gasteiger partial charge on any atom is -0.309 e. The Hall–Kier alpha value is -5.75. The molecule has 13 aromatic rings. The molecule has 3 aromatic heterocycles. The number of hydrogen-bond acceptors (Lipinski definition) is 0. The number of hydrogen-bond donors (Lipinski definition) is 0. The molecule has 3 nitrogen and oxygen atoms in total. The zero-order chi connectivity index (χ0) is 49.1. The van der Waals surface area contributed by atoms with E-state index in [0.717, 1.165) is 30.0 Å². The maximum Gasteiger partial charge on any atom is 0.0641 e. The van der Waals surface area contributed by atoms with Gasteiger partial charge in [-0.3, -0.25) is 0 Å². The zero-order valence-electron chi connectivity index (χ0n) is 39.2. The van der Waals surface area contributed by atoms with Crippen LogP contribution in [0.25, 0.3) is 93.6 Å². The molecule has 73 heavy (non-hydrogen) atoms. The minimum absolute atomic E-state index is 1.03. The molecule has 0 atom stereocenters. The molecular weight excluding hydrogens is 1270 g/mol. The first-order valence-corrected chi connectivity index (χ1v) is 28.9. The lowest BCUT2D eigenvalue weighted by Gasteiger charge is -2.20. The number of rotatable bonds is 3. The quantitative estimate of drug-likeness (QED) is 0.157. The van der Waals surface area contributed by atoms with Gasteiger partial charge in [0, 0.05) is 70.8 Å². The number of fused-ring (bicyclic) bond motifs is 16. The highest BCUT2D eigenvalue weighted by Gasteiger charge is 2.26. The fourth-order valence-electron chi connectivity index (χ4n) is 11.9. The van der Waals surface area contributed by atoms with E-state index < -0.39 is 0 Å². The van der Waals surface area contributed by atoms with E-state index in [1.54, 1.807) is 0 Å². The number of nitrogens with zero attached hydrogens (tertiary/aromatic N) is 3. The van der Waals surface area contributed by atoms with Crippen LogP contribution in [0.15, 0.2) is 212 Å². The summed E-state index contributed by atoms with van der Waals surface area (Å²) < 4.78 is 12.9. The molecule has 352 valence electrons. The monoisotopic (exact) mass is 1310 g/mol. The molecule has 3 aliphatic carbocycles. The van der Waals surface area contributed by atoms with E-state index in [-0.39, 0.29) is 0 Å². The molecule has 0 saturated carbocycles. The number of aromatic nitrogens is 3. The van der Waals surface area contributed by atoms with Gasteiger partial charge in [-0.1, -0.05) is 167 Å². The molecule has 0 radical (unpaired) electrons. The molecule has 0 spiro atoms. The van der Waals surface area contributed by atoms with Crippen molar-refractivity contribution < 1.29 is 0 Å². The summed E-state index contributed by atoms with van der Waals surface area (Å²) in [4.78, 5) is 0. The minimum atomic E-state index is 1.03. The van der Waals surface area contributed by atoms with Gasteiger partial charge in [-0.05, 0) is 190 Å². The van der Waals surface area contributed by atoms with E-state index in [1.165, 1.54) is 151 Å². The van der Waals surface area contributed by atoms with Gasteiger partial charge >= 0.3 is 0 Å². The summed E-state index contributed by atoms with van der Waals surface area (Å²) in [5.74, 6) is 0. The Kier molecular flexibility index (Phi) is 11.5. The molecule has 0 aliphatic heterocycles. The summed E-state index contributed by atoms with van der Waals surface area (Å²) >= 11 is 16.5. The molecule has 16 rings (SSSR count). The van der Waals surface area contributed by atoms with Crippen LogP contribution in [0.2, 0.25) is 0 Å². The number of aryl methyl sites for hydroxylation is 4. The fraction of sp³-hybridized carbons (Fsp3) is 0.0769. The summed E-state index contributed by atoms with van der Waals surface area (Å²) in [6.45, 7) is 0. The molecule has 0 bridgehead atoms. The third kappa shape index (κ3) is 7.72. The van der Waals surface area contributed by atoms with E-state index in [4.69, 9.17) is 0 Å². The van der Waals surface area contributed by atoms with E-state index in [0.29, 0.717) is 0 Å². The number of halogens is 5. The van der Waals surface area contributed by atoms with Crippen molar-refractivity contribution in [2.75, 3.05) is 0 Å².